The quantitative estimate of drug-likeness (QED) is 0.320. The predicted octanol–water partition coefficient (Wildman–Crippen LogP) is 5.03. The molecule has 1 rings (SSSR count). The first-order chi connectivity index (χ1) is 12.1. The molecule has 0 radical (unpaired) electrons. The van der Waals surface area contributed by atoms with E-state index in [2.05, 4.69) is 12.2 Å². The lowest BCUT2D eigenvalue weighted by Gasteiger charge is -2.07. The van der Waals surface area contributed by atoms with Gasteiger partial charge in [-0.3, -0.25) is 4.79 Å². The fourth-order valence-electron chi connectivity index (χ4n) is 2.53. The highest BCUT2D eigenvalue weighted by Gasteiger charge is 2.14. The van der Waals surface area contributed by atoms with Crippen LogP contribution >= 0.6 is 11.6 Å². The number of halogens is 1. The molecule has 1 aromatic rings. The topological polar surface area (TPSA) is 55.4 Å². The SMILES string of the molecule is CCCCCCCCCCCOC(=O)C(=O)NCc1ccccc1Cl. The van der Waals surface area contributed by atoms with Crippen molar-refractivity contribution in [2.75, 3.05) is 6.61 Å². The number of amides is 1. The number of carbonyl (C=O) groups is 2. The molecule has 0 aliphatic rings. The van der Waals surface area contributed by atoms with Crippen LogP contribution in [0, 0.1) is 0 Å². The second-order valence-corrected chi connectivity index (χ2v) is 6.65. The summed E-state index contributed by atoms with van der Waals surface area (Å²) in [7, 11) is 0. The lowest BCUT2D eigenvalue weighted by atomic mass is 10.1. The molecule has 0 heterocycles. The molecular formula is C20H30ClNO3. The fraction of sp³-hybridized carbons (Fsp3) is 0.600. The number of rotatable bonds is 12. The Hall–Kier alpha value is -1.55. The molecule has 0 atom stereocenters. The third-order valence-corrected chi connectivity index (χ3v) is 4.43. The summed E-state index contributed by atoms with van der Waals surface area (Å²) < 4.78 is 5.00. The van der Waals surface area contributed by atoms with Crippen molar-refractivity contribution < 1.29 is 14.3 Å². The number of esters is 1. The molecule has 0 aromatic heterocycles. The summed E-state index contributed by atoms with van der Waals surface area (Å²) >= 11 is 6.00. The first-order valence-electron chi connectivity index (χ1n) is 9.33. The number of unbranched alkanes of at least 4 members (excludes halogenated alkanes) is 8. The Morgan fingerprint density at radius 1 is 0.960 bits per heavy atom. The zero-order valence-corrected chi connectivity index (χ0v) is 15.9. The van der Waals surface area contributed by atoms with Gasteiger partial charge in [-0.25, -0.2) is 4.79 Å². The summed E-state index contributed by atoms with van der Waals surface area (Å²) in [5.41, 5.74) is 0.768. The largest absolute Gasteiger partial charge is 0.459 e. The smallest absolute Gasteiger partial charge is 0.396 e. The molecule has 4 nitrogen and oxygen atoms in total. The van der Waals surface area contributed by atoms with E-state index in [0.717, 1.165) is 24.8 Å². The molecule has 0 aliphatic carbocycles. The number of hydrogen-bond acceptors (Lipinski definition) is 3. The summed E-state index contributed by atoms with van der Waals surface area (Å²) in [6, 6.07) is 7.18. The summed E-state index contributed by atoms with van der Waals surface area (Å²) in [6.07, 6.45) is 10.8. The summed E-state index contributed by atoms with van der Waals surface area (Å²) in [5.74, 6) is -1.55. The summed E-state index contributed by atoms with van der Waals surface area (Å²) in [6.45, 7) is 2.73. The maximum atomic E-state index is 11.7. The van der Waals surface area contributed by atoms with Gasteiger partial charge in [0.15, 0.2) is 0 Å². The number of nitrogens with one attached hydrogen (secondary N) is 1. The van der Waals surface area contributed by atoms with E-state index in [1.807, 2.05) is 12.1 Å². The van der Waals surface area contributed by atoms with Crippen molar-refractivity contribution in [3.63, 3.8) is 0 Å². The van der Waals surface area contributed by atoms with E-state index >= 15 is 0 Å². The monoisotopic (exact) mass is 367 g/mol. The minimum absolute atomic E-state index is 0.214. The second-order valence-electron chi connectivity index (χ2n) is 6.24. The minimum atomic E-state index is -0.827. The van der Waals surface area contributed by atoms with E-state index < -0.39 is 11.9 Å². The maximum Gasteiger partial charge on any atom is 0.396 e. The molecule has 140 valence electrons. The molecule has 1 N–H and O–H groups in total. The van der Waals surface area contributed by atoms with Crippen LogP contribution in [0.3, 0.4) is 0 Å². The van der Waals surface area contributed by atoms with Crippen LogP contribution in [-0.2, 0) is 20.9 Å². The van der Waals surface area contributed by atoms with E-state index in [9.17, 15) is 9.59 Å². The summed E-state index contributed by atoms with van der Waals surface area (Å²) in [5, 5.41) is 3.09. The Morgan fingerprint density at radius 3 is 2.20 bits per heavy atom. The number of hydrogen-bond donors (Lipinski definition) is 1. The second kappa shape index (κ2) is 13.7. The zero-order valence-electron chi connectivity index (χ0n) is 15.2. The minimum Gasteiger partial charge on any atom is -0.459 e. The van der Waals surface area contributed by atoms with Gasteiger partial charge in [0, 0.05) is 11.6 Å². The standard InChI is InChI=1S/C20H30ClNO3/c1-2-3-4-5-6-7-8-9-12-15-25-20(24)19(23)22-16-17-13-10-11-14-18(17)21/h10-11,13-14H,2-9,12,15-16H2,1H3,(H,22,23). The number of benzene rings is 1. The average molecular weight is 368 g/mol. The highest BCUT2D eigenvalue weighted by atomic mass is 35.5. The van der Waals surface area contributed by atoms with E-state index in [1.165, 1.54) is 38.5 Å². The van der Waals surface area contributed by atoms with Gasteiger partial charge in [0.1, 0.15) is 0 Å². The van der Waals surface area contributed by atoms with Crippen molar-refractivity contribution in [2.24, 2.45) is 0 Å². The molecule has 1 amide bonds. The zero-order chi connectivity index (χ0) is 18.3. The fourth-order valence-corrected chi connectivity index (χ4v) is 2.74. The summed E-state index contributed by atoms with van der Waals surface area (Å²) in [4.78, 5) is 23.3. The van der Waals surface area contributed by atoms with Gasteiger partial charge >= 0.3 is 11.9 Å². The van der Waals surface area contributed by atoms with E-state index in [0.29, 0.717) is 11.6 Å². The van der Waals surface area contributed by atoms with Crippen LogP contribution in [0.4, 0.5) is 0 Å². The van der Waals surface area contributed by atoms with Crippen molar-refractivity contribution in [3.05, 3.63) is 34.9 Å². The normalized spacial score (nSPS) is 10.5. The van der Waals surface area contributed by atoms with Gasteiger partial charge in [-0.05, 0) is 18.1 Å². The molecule has 0 fully saturated rings. The molecule has 0 bridgehead atoms. The third-order valence-electron chi connectivity index (χ3n) is 4.06. The first-order valence-corrected chi connectivity index (χ1v) is 9.71. The molecular weight excluding hydrogens is 338 g/mol. The molecule has 5 heteroatoms. The van der Waals surface area contributed by atoms with Crippen LogP contribution in [0.5, 0.6) is 0 Å². The van der Waals surface area contributed by atoms with Crippen molar-refractivity contribution in [1.82, 2.24) is 5.32 Å². The van der Waals surface area contributed by atoms with Crippen LogP contribution < -0.4 is 5.32 Å². The van der Waals surface area contributed by atoms with Gasteiger partial charge in [-0.15, -0.1) is 0 Å². The van der Waals surface area contributed by atoms with Crippen LogP contribution in [-0.4, -0.2) is 18.5 Å². The van der Waals surface area contributed by atoms with Gasteiger partial charge in [0.2, 0.25) is 0 Å². The lowest BCUT2D eigenvalue weighted by Crippen LogP contribution is -2.32. The van der Waals surface area contributed by atoms with Gasteiger partial charge in [-0.1, -0.05) is 88.1 Å². The van der Waals surface area contributed by atoms with Crippen molar-refractivity contribution >= 4 is 23.5 Å². The molecule has 0 aliphatic heterocycles. The maximum absolute atomic E-state index is 11.7. The first kappa shape index (κ1) is 21.5. The van der Waals surface area contributed by atoms with Gasteiger partial charge in [-0.2, -0.15) is 0 Å². The molecule has 0 saturated carbocycles. The van der Waals surface area contributed by atoms with E-state index in [1.54, 1.807) is 12.1 Å². The van der Waals surface area contributed by atoms with Gasteiger partial charge < -0.3 is 10.1 Å². The van der Waals surface area contributed by atoms with Crippen molar-refractivity contribution in [1.29, 1.82) is 0 Å². The molecule has 0 saturated heterocycles. The third kappa shape index (κ3) is 10.1. The Kier molecular flexibility index (Phi) is 11.8. The highest BCUT2D eigenvalue weighted by Crippen LogP contribution is 2.14. The lowest BCUT2D eigenvalue weighted by molar-refractivity contribution is -0.155. The number of carbonyl (C=O) groups excluding carboxylic acids is 2. The number of ether oxygens (including phenoxy) is 1. The van der Waals surface area contributed by atoms with Crippen LogP contribution in [0.2, 0.25) is 5.02 Å². The van der Waals surface area contributed by atoms with Gasteiger partial charge in [0.05, 0.1) is 6.61 Å². The van der Waals surface area contributed by atoms with Gasteiger partial charge in [0.25, 0.3) is 0 Å². The van der Waals surface area contributed by atoms with E-state index in [4.69, 9.17) is 16.3 Å². The van der Waals surface area contributed by atoms with E-state index in [-0.39, 0.29) is 6.54 Å². The molecule has 1 aromatic carbocycles. The van der Waals surface area contributed by atoms with Crippen LogP contribution in [0.1, 0.15) is 70.3 Å². The highest BCUT2D eigenvalue weighted by molar-refractivity contribution is 6.33. The Balaban J connectivity index is 2.02. The van der Waals surface area contributed by atoms with Crippen molar-refractivity contribution in [3.8, 4) is 0 Å². The Labute approximate surface area is 156 Å². The Bertz CT molecular complexity index is 519. The van der Waals surface area contributed by atoms with Crippen LogP contribution in [0.25, 0.3) is 0 Å². The molecule has 0 unspecified atom stereocenters. The van der Waals surface area contributed by atoms with Crippen LogP contribution in [0.15, 0.2) is 24.3 Å². The predicted molar refractivity (Wildman–Crippen MR) is 101 cm³/mol. The Morgan fingerprint density at radius 2 is 1.56 bits per heavy atom. The average Bonchev–Trinajstić information content (AvgIpc) is 2.62. The van der Waals surface area contributed by atoms with Crippen molar-refractivity contribution in [2.45, 2.75) is 71.3 Å². The molecule has 0 spiro atoms. The molecule has 25 heavy (non-hydrogen) atoms.